The van der Waals surface area contributed by atoms with Crippen LogP contribution in [0.5, 0.6) is 5.75 Å². The Morgan fingerprint density at radius 2 is 2.03 bits per heavy atom. The minimum absolute atomic E-state index is 0.0935. The van der Waals surface area contributed by atoms with Crippen LogP contribution in [0.1, 0.15) is 38.2 Å². The number of aromatic nitrogens is 5. The number of halogens is 1. The summed E-state index contributed by atoms with van der Waals surface area (Å²) in [4.78, 5) is 14.2. The van der Waals surface area contributed by atoms with Gasteiger partial charge in [-0.05, 0) is 37.4 Å². The summed E-state index contributed by atoms with van der Waals surface area (Å²) < 4.78 is 23.1. The molecule has 1 saturated heterocycles. The lowest BCUT2D eigenvalue weighted by atomic mass is 9.96. The number of nitrogens with one attached hydrogen (secondary N) is 2. The van der Waals surface area contributed by atoms with Gasteiger partial charge in [-0.15, -0.1) is 0 Å². The quantitative estimate of drug-likeness (QED) is 0.495. The molecule has 0 saturated carbocycles. The number of nitrogens with zero attached hydrogens (tertiary/aromatic N) is 5. The molecule has 4 aromatic heterocycles. The van der Waals surface area contributed by atoms with Crippen molar-refractivity contribution in [2.24, 2.45) is 0 Å². The van der Waals surface area contributed by atoms with Crippen LogP contribution in [0.2, 0.25) is 0 Å². The fraction of sp³-hybridized carbons (Fsp3) is 0.435. The first-order chi connectivity index (χ1) is 15.5. The molecule has 5 rings (SSSR count). The summed E-state index contributed by atoms with van der Waals surface area (Å²) in [5.74, 6) is 0.880. The zero-order valence-electron chi connectivity index (χ0n) is 18.8. The van der Waals surface area contributed by atoms with E-state index in [0.717, 1.165) is 42.8 Å². The molecular weight excluding hydrogens is 409 g/mol. The molecule has 4 aromatic rings. The fourth-order valence-electron chi connectivity index (χ4n) is 4.75. The molecular formula is C23H28FN7O. The van der Waals surface area contributed by atoms with Gasteiger partial charge in [0.05, 0.1) is 24.5 Å². The van der Waals surface area contributed by atoms with E-state index in [-0.39, 0.29) is 11.7 Å². The average Bonchev–Trinajstić information content (AvgIpc) is 3.44. The van der Waals surface area contributed by atoms with Gasteiger partial charge < -0.3 is 19.9 Å². The highest BCUT2D eigenvalue weighted by atomic mass is 19.1. The van der Waals surface area contributed by atoms with Gasteiger partial charge in [-0.25, -0.2) is 18.9 Å². The molecule has 2 N–H and O–H groups in total. The third kappa shape index (κ3) is 3.28. The van der Waals surface area contributed by atoms with Crippen molar-refractivity contribution >= 4 is 22.4 Å². The summed E-state index contributed by atoms with van der Waals surface area (Å²) in [5, 5.41) is 8.18. The lowest BCUT2D eigenvalue weighted by Crippen LogP contribution is -2.41. The van der Waals surface area contributed by atoms with Crippen LogP contribution in [0.4, 0.5) is 10.2 Å². The van der Waals surface area contributed by atoms with Crippen molar-refractivity contribution < 1.29 is 9.13 Å². The summed E-state index contributed by atoms with van der Waals surface area (Å²) in [6.45, 7) is 5.73. The van der Waals surface area contributed by atoms with Gasteiger partial charge in [0.2, 0.25) is 0 Å². The first-order valence-electron chi connectivity index (χ1n) is 11.0. The number of H-pyrrole nitrogens is 1. The van der Waals surface area contributed by atoms with Gasteiger partial charge >= 0.3 is 0 Å². The van der Waals surface area contributed by atoms with Crippen molar-refractivity contribution in [2.75, 3.05) is 32.1 Å². The maximum atomic E-state index is 15.9. The number of fused-ring (bicyclic) bond motifs is 2. The maximum Gasteiger partial charge on any atom is 0.197 e. The number of pyridine rings is 2. The Hall–Kier alpha value is -3.20. The minimum Gasteiger partial charge on any atom is -0.493 e. The number of piperidine rings is 1. The van der Waals surface area contributed by atoms with Crippen LogP contribution in [0, 0.1) is 5.82 Å². The van der Waals surface area contributed by atoms with Gasteiger partial charge in [0.15, 0.2) is 23.0 Å². The van der Waals surface area contributed by atoms with E-state index in [1.807, 2.05) is 19.3 Å². The molecule has 9 heteroatoms. The van der Waals surface area contributed by atoms with Crippen molar-refractivity contribution in [3.63, 3.8) is 0 Å². The number of rotatable bonds is 5. The Bertz CT molecular complexity index is 1270. The molecule has 0 unspecified atom stereocenters. The Kier molecular flexibility index (Phi) is 5.21. The smallest absolute Gasteiger partial charge is 0.197 e. The van der Waals surface area contributed by atoms with Gasteiger partial charge in [0, 0.05) is 36.3 Å². The molecule has 5 heterocycles. The van der Waals surface area contributed by atoms with Crippen LogP contribution in [0.25, 0.3) is 27.8 Å². The molecule has 0 radical (unpaired) electrons. The molecule has 168 valence electrons. The number of hydrogen-bond acceptors (Lipinski definition) is 6. The number of anilines is 1. The lowest BCUT2D eigenvalue weighted by Gasteiger charge is -2.32. The Balaban J connectivity index is 1.65. The predicted octanol–water partition coefficient (Wildman–Crippen LogP) is 3.73. The van der Waals surface area contributed by atoms with E-state index in [2.05, 4.69) is 44.1 Å². The third-order valence-electron chi connectivity index (χ3n) is 6.43. The highest BCUT2D eigenvalue weighted by Crippen LogP contribution is 2.40. The highest BCUT2D eigenvalue weighted by Gasteiger charge is 2.26. The summed E-state index contributed by atoms with van der Waals surface area (Å²) in [7, 11) is 3.59. The Morgan fingerprint density at radius 1 is 1.25 bits per heavy atom. The molecule has 32 heavy (non-hydrogen) atoms. The zero-order chi connectivity index (χ0) is 22.4. The highest BCUT2D eigenvalue weighted by molar-refractivity contribution is 5.93. The molecule has 0 aliphatic carbocycles. The third-order valence-corrected chi connectivity index (χ3v) is 6.43. The molecule has 1 fully saturated rings. The monoisotopic (exact) mass is 437 g/mol. The number of aromatic amines is 1. The predicted molar refractivity (Wildman–Crippen MR) is 123 cm³/mol. The summed E-state index contributed by atoms with van der Waals surface area (Å²) >= 11 is 0. The van der Waals surface area contributed by atoms with E-state index in [1.54, 1.807) is 17.8 Å². The molecule has 0 spiro atoms. The largest absolute Gasteiger partial charge is 0.493 e. The fourth-order valence-corrected chi connectivity index (χ4v) is 4.75. The normalized spacial score (nSPS) is 15.4. The first kappa shape index (κ1) is 20.7. The Labute approximate surface area is 185 Å². The van der Waals surface area contributed by atoms with Crippen LogP contribution < -0.4 is 15.0 Å². The maximum absolute atomic E-state index is 15.9. The van der Waals surface area contributed by atoms with E-state index in [0.29, 0.717) is 34.2 Å². The van der Waals surface area contributed by atoms with Crippen molar-refractivity contribution in [2.45, 2.75) is 38.6 Å². The van der Waals surface area contributed by atoms with Crippen LogP contribution in [-0.2, 0) is 0 Å². The van der Waals surface area contributed by atoms with Gasteiger partial charge in [0.25, 0.3) is 0 Å². The van der Waals surface area contributed by atoms with Crippen LogP contribution in [0.3, 0.4) is 0 Å². The Morgan fingerprint density at radius 3 is 2.72 bits per heavy atom. The van der Waals surface area contributed by atoms with E-state index < -0.39 is 0 Å². The van der Waals surface area contributed by atoms with Crippen LogP contribution >= 0.6 is 0 Å². The standard InChI is InChI=1S/C23H28FN7O/c1-13(2)18-19-16(10-26-23(20(19)24)30-7-5-15(25-3)6-8-30)29-21(18)14-9-17(32-4)22-27-12-28-31(22)11-14/h9-13,15,25,29H,5-8H2,1-4H3. The minimum atomic E-state index is -0.259. The molecule has 8 nitrogen and oxygen atoms in total. The molecule has 0 bridgehead atoms. The van der Waals surface area contributed by atoms with Crippen molar-refractivity contribution in [3.05, 3.63) is 36.2 Å². The van der Waals surface area contributed by atoms with Gasteiger partial charge in [0.1, 0.15) is 6.33 Å². The molecule has 1 aliphatic heterocycles. The van der Waals surface area contributed by atoms with Gasteiger partial charge in [-0.2, -0.15) is 5.10 Å². The number of ether oxygens (including phenoxy) is 1. The van der Waals surface area contributed by atoms with E-state index >= 15 is 4.39 Å². The number of methoxy groups -OCH3 is 1. The van der Waals surface area contributed by atoms with Crippen molar-refractivity contribution in [1.82, 2.24) is 29.9 Å². The van der Waals surface area contributed by atoms with E-state index in [4.69, 9.17) is 4.74 Å². The van der Waals surface area contributed by atoms with Crippen molar-refractivity contribution in [3.8, 4) is 17.0 Å². The number of hydrogen-bond donors (Lipinski definition) is 2. The second-order valence-corrected chi connectivity index (χ2v) is 8.63. The average molecular weight is 438 g/mol. The summed E-state index contributed by atoms with van der Waals surface area (Å²) in [6, 6.07) is 2.39. The van der Waals surface area contributed by atoms with Crippen LogP contribution in [0.15, 0.2) is 24.8 Å². The second kappa shape index (κ2) is 8.05. The summed E-state index contributed by atoms with van der Waals surface area (Å²) in [6.07, 6.45) is 7.07. The first-order valence-corrected chi connectivity index (χ1v) is 11.0. The van der Waals surface area contributed by atoms with Crippen LogP contribution in [-0.4, -0.2) is 57.9 Å². The summed E-state index contributed by atoms with van der Waals surface area (Å²) in [5.41, 5.74) is 3.95. The molecule has 1 aliphatic rings. The van der Waals surface area contributed by atoms with Gasteiger partial charge in [-0.1, -0.05) is 13.8 Å². The zero-order valence-corrected chi connectivity index (χ0v) is 18.8. The molecule has 0 atom stereocenters. The second-order valence-electron chi connectivity index (χ2n) is 8.63. The molecule has 0 amide bonds. The van der Waals surface area contributed by atoms with Crippen molar-refractivity contribution in [1.29, 1.82) is 0 Å². The van der Waals surface area contributed by atoms with Gasteiger partial charge in [-0.3, -0.25) is 0 Å². The lowest BCUT2D eigenvalue weighted by molar-refractivity contribution is 0.416. The SMILES string of the molecule is CNC1CCN(c2ncc3[nH]c(-c4cc(OC)c5ncnn5c4)c(C(C)C)c3c2F)CC1. The molecule has 0 aromatic carbocycles. The topological polar surface area (TPSA) is 83.4 Å². The van der Waals surface area contributed by atoms with E-state index in [9.17, 15) is 0 Å². The van der Waals surface area contributed by atoms with E-state index in [1.165, 1.54) is 6.33 Å².